The van der Waals surface area contributed by atoms with E-state index in [0.717, 1.165) is 47.9 Å². The van der Waals surface area contributed by atoms with Crippen LogP contribution in [-0.2, 0) is 14.8 Å². The number of likely N-dealkylation sites (tertiary alicyclic amines) is 1. The number of hydrogen-bond donors (Lipinski definition) is 1. The van der Waals surface area contributed by atoms with Crippen LogP contribution in [0.15, 0.2) is 53.4 Å². The van der Waals surface area contributed by atoms with E-state index < -0.39 is 26.6 Å². The quantitative estimate of drug-likeness (QED) is 0.664. The zero-order valence-corrected chi connectivity index (χ0v) is 19.2. The first-order valence-electron chi connectivity index (χ1n) is 11.4. The molecule has 9 heteroatoms. The molecular weight excluding hydrogens is 448 g/mol. The molecule has 1 amide bonds. The number of piperidine rings is 1. The van der Waals surface area contributed by atoms with Crippen molar-refractivity contribution in [2.45, 2.75) is 36.6 Å². The molecule has 0 aromatic heterocycles. The molecule has 1 N–H and O–H groups in total. The molecule has 2 aliphatic rings. The van der Waals surface area contributed by atoms with E-state index in [1.807, 2.05) is 18.2 Å². The Morgan fingerprint density at radius 2 is 1.67 bits per heavy atom. The Bertz CT molecular complexity index is 1070. The van der Waals surface area contributed by atoms with E-state index in [9.17, 15) is 22.0 Å². The third-order valence-corrected chi connectivity index (χ3v) is 8.48. The molecule has 2 aliphatic heterocycles. The van der Waals surface area contributed by atoms with Crippen LogP contribution in [-0.4, -0.2) is 56.3 Å². The minimum absolute atomic E-state index is 0.0879. The summed E-state index contributed by atoms with van der Waals surface area (Å²) >= 11 is 0. The fourth-order valence-corrected chi connectivity index (χ4v) is 6.25. The van der Waals surface area contributed by atoms with Crippen molar-refractivity contribution in [3.63, 3.8) is 0 Å². The maximum atomic E-state index is 14.0. The Hall–Kier alpha value is -2.36. The van der Waals surface area contributed by atoms with Gasteiger partial charge in [0, 0.05) is 25.6 Å². The highest BCUT2D eigenvalue weighted by Crippen LogP contribution is 2.27. The highest BCUT2D eigenvalue weighted by molar-refractivity contribution is 7.89. The Kier molecular flexibility index (Phi) is 7.41. The second kappa shape index (κ2) is 10.3. The molecule has 0 bridgehead atoms. The first-order valence-corrected chi connectivity index (χ1v) is 12.8. The second-order valence-electron chi connectivity index (χ2n) is 8.67. The van der Waals surface area contributed by atoms with Crippen molar-refractivity contribution in [2.75, 3.05) is 32.7 Å². The summed E-state index contributed by atoms with van der Waals surface area (Å²) in [4.78, 5) is 14.6. The Labute approximate surface area is 193 Å². The van der Waals surface area contributed by atoms with Crippen molar-refractivity contribution in [1.29, 1.82) is 0 Å². The lowest BCUT2D eigenvalue weighted by molar-refractivity contribution is -0.126. The highest BCUT2D eigenvalue weighted by atomic mass is 32.2. The summed E-state index contributed by atoms with van der Waals surface area (Å²) in [6, 6.07) is 12.6. The van der Waals surface area contributed by atoms with Crippen LogP contribution in [0.25, 0.3) is 0 Å². The van der Waals surface area contributed by atoms with Crippen LogP contribution in [0.4, 0.5) is 8.78 Å². The van der Waals surface area contributed by atoms with Crippen LogP contribution in [0, 0.1) is 17.6 Å². The SMILES string of the molecule is O=C(NC[C@H](c1ccccc1)N1CCCC1)C1CCN(S(=O)(=O)c2cc(F)ccc2F)CC1. The highest BCUT2D eigenvalue weighted by Gasteiger charge is 2.34. The van der Waals surface area contributed by atoms with Crippen molar-refractivity contribution in [1.82, 2.24) is 14.5 Å². The number of carbonyl (C=O) groups is 1. The fraction of sp³-hybridized carbons (Fsp3) is 0.458. The van der Waals surface area contributed by atoms with Crippen molar-refractivity contribution in [2.24, 2.45) is 5.92 Å². The number of rotatable bonds is 7. The Morgan fingerprint density at radius 1 is 1.00 bits per heavy atom. The first kappa shape index (κ1) is 23.8. The average molecular weight is 478 g/mol. The second-order valence-corrected chi connectivity index (χ2v) is 10.6. The minimum Gasteiger partial charge on any atom is -0.354 e. The van der Waals surface area contributed by atoms with E-state index in [0.29, 0.717) is 25.5 Å². The van der Waals surface area contributed by atoms with Gasteiger partial charge in [-0.15, -0.1) is 0 Å². The first-order chi connectivity index (χ1) is 15.9. The molecule has 2 fully saturated rings. The molecule has 2 heterocycles. The van der Waals surface area contributed by atoms with Crippen molar-refractivity contribution < 1.29 is 22.0 Å². The number of benzene rings is 2. The van der Waals surface area contributed by atoms with Gasteiger partial charge in [-0.1, -0.05) is 30.3 Å². The number of nitrogens with zero attached hydrogens (tertiary/aromatic N) is 2. The van der Waals surface area contributed by atoms with Gasteiger partial charge in [0.15, 0.2) is 0 Å². The third kappa shape index (κ3) is 5.42. The summed E-state index contributed by atoms with van der Waals surface area (Å²) in [5, 5.41) is 3.07. The maximum Gasteiger partial charge on any atom is 0.246 e. The smallest absolute Gasteiger partial charge is 0.246 e. The zero-order valence-electron chi connectivity index (χ0n) is 18.4. The van der Waals surface area contributed by atoms with Gasteiger partial charge in [0.25, 0.3) is 0 Å². The van der Waals surface area contributed by atoms with E-state index in [2.05, 4.69) is 22.3 Å². The van der Waals surface area contributed by atoms with E-state index in [-0.39, 0.29) is 31.0 Å². The van der Waals surface area contributed by atoms with Gasteiger partial charge >= 0.3 is 0 Å². The summed E-state index contributed by atoms with van der Waals surface area (Å²) in [7, 11) is -4.16. The normalized spacial score (nSPS) is 19.5. The summed E-state index contributed by atoms with van der Waals surface area (Å²) in [6.07, 6.45) is 2.97. The molecule has 33 heavy (non-hydrogen) atoms. The van der Waals surface area contributed by atoms with Crippen LogP contribution in [0.2, 0.25) is 0 Å². The van der Waals surface area contributed by atoms with Crippen LogP contribution >= 0.6 is 0 Å². The molecule has 0 radical (unpaired) electrons. The number of hydrogen-bond acceptors (Lipinski definition) is 4. The Balaban J connectivity index is 1.35. The van der Waals surface area contributed by atoms with Crippen LogP contribution < -0.4 is 5.32 Å². The topological polar surface area (TPSA) is 69.7 Å². The molecule has 0 aliphatic carbocycles. The number of carbonyl (C=O) groups excluding carboxylic acids is 1. The lowest BCUT2D eigenvalue weighted by Crippen LogP contribution is -2.44. The standard InChI is InChI=1S/C24H29F2N3O3S/c25-20-8-9-21(26)23(16-20)33(31,32)29-14-10-19(11-15-29)24(30)27-17-22(28-12-4-5-13-28)18-6-2-1-3-7-18/h1-3,6-9,16,19,22H,4-5,10-15,17H2,(H,27,30)/t22-/m1/s1. The van der Waals surface area contributed by atoms with Gasteiger partial charge < -0.3 is 5.32 Å². The van der Waals surface area contributed by atoms with Gasteiger partial charge in [-0.2, -0.15) is 4.31 Å². The van der Waals surface area contributed by atoms with E-state index in [4.69, 9.17) is 0 Å². The average Bonchev–Trinajstić information content (AvgIpc) is 3.36. The van der Waals surface area contributed by atoms with Crippen molar-refractivity contribution in [3.8, 4) is 0 Å². The molecule has 2 saturated heterocycles. The zero-order chi connectivity index (χ0) is 23.4. The number of halogens is 2. The van der Waals surface area contributed by atoms with Crippen molar-refractivity contribution >= 4 is 15.9 Å². The molecule has 4 rings (SSSR count). The fourth-order valence-electron chi connectivity index (χ4n) is 4.70. The predicted octanol–water partition coefficient (Wildman–Crippen LogP) is 3.32. The number of sulfonamides is 1. The predicted molar refractivity (Wildman–Crippen MR) is 121 cm³/mol. The summed E-state index contributed by atoms with van der Waals surface area (Å²) in [6.45, 7) is 2.68. The maximum absolute atomic E-state index is 14.0. The third-order valence-electron chi connectivity index (χ3n) is 6.57. The monoisotopic (exact) mass is 477 g/mol. The van der Waals surface area contributed by atoms with E-state index in [1.54, 1.807) is 0 Å². The molecule has 0 spiro atoms. The lowest BCUT2D eigenvalue weighted by atomic mass is 9.97. The lowest BCUT2D eigenvalue weighted by Gasteiger charge is -2.32. The summed E-state index contributed by atoms with van der Waals surface area (Å²) in [5.74, 6) is -2.20. The molecule has 2 aromatic rings. The van der Waals surface area contributed by atoms with Crippen LogP contribution in [0.3, 0.4) is 0 Å². The van der Waals surface area contributed by atoms with E-state index in [1.165, 1.54) is 0 Å². The summed E-state index contributed by atoms with van der Waals surface area (Å²) < 4.78 is 54.2. The molecule has 1 atom stereocenters. The van der Waals surface area contributed by atoms with Gasteiger partial charge in [-0.05, 0) is 62.5 Å². The van der Waals surface area contributed by atoms with Gasteiger partial charge in [0.2, 0.25) is 15.9 Å². The van der Waals surface area contributed by atoms with Crippen LogP contribution in [0.5, 0.6) is 0 Å². The molecular formula is C24H29F2N3O3S. The molecule has 0 saturated carbocycles. The Morgan fingerprint density at radius 3 is 2.33 bits per heavy atom. The van der Waals surface area contributed by atoms with Gasteiger partial charge in [0.05, 0.1) is 6.04 Å². The molecule has 0 unspecified atom stereocenters. The van der Waals surface area contributed by atoms with Gasteiger partial charge in [-0.3, -0.25) is 9.69 Å². The molecule has 6 nitrogen and oxygen atoms in total. The molecule has 178 valence electrons. The minimum atomic E-state index is -4.16. The molecule has 2 aromatic carbocycles. The number of amides is 1. The largest absolute Gasteiger partial charge is 0.354 e. The van der Waals surface area contributed by atoms with Gasteiger partial charge in [0.1, 0.15) is 16.5 Å². The van der Waals surface area contributed by atoms with Crippen LogP contribution in [0.1, 0.15) is 37.3 Å². The van der Waals surface area contributed by atoms with E-state index >= 15 is 0 Å². The van der Waals surface area contributed by atoms with Crippen molar-refractivity contribution in [3.05, 3.63) is 65.7 Å². The summed E-state index contributed by atoms with van der Waals surface area (Å²) in [5.41, 5.74) is 1.16. The van der Waals surface area contributed by atoms with Gasteiger partial charge in [-0.25, -0.2) is 17.2 Å². The number of nitrogens with one attached hydrogen (secondary N) is 1.